The number of hydrogen-bond donors (Lipinski definition) is 0. The number of rotatable bonds is 13. The van der Waals surface area contributed by atoms with Crippen molar-refractivity contribution in [3.8, 4) is 0 Å². The molecule has 0 aliphatic carbocycles. The minimum Gasteiger partial charge on any atom is -0.542 e. The van der Waals surface area contributed by atoms with Crippen molar-refractivity contribution in [1.29, 1.82) is 0 Å². The topological polar surface area (TPSA) is 38.8 Å². The van der Waals surface area contributed by atoms with Gasteiger partial charge in [0.15, 0.2) is 0 Å². The summed E-state index contributed by atoms with van der Waals surface area (Å²) in [7, 11) is -2.17. The first-order valence-electron chi connectivity index (χ1n) is 14.7. The molecule has 0 fully saturated rings. The monoisotopic (exact) mass is 535 g/mol. The lowest BCUT2D eigenvalue weighted by Crippen LogP contribution is -2.48. The Bertz CT molecular complexity index is 1030. The highest BCUT2D eigenvalue weighted by molar-refractivity contribution is 6.78. The standard InChI is InChI=1S/C33H49NO3Si/c1-8-9-10-11-15-20-29-23-32(37-38(25(2)3,26(4)5)27(6)7)30-21-16-17-22-31(30)34(29)33(35)36-24-28-18-13-12-14-19-28/h12-14,16-19,21-23,25-27,29H,8-11,15,20,24H2,1-7H3. The second-order valence-electron chi connectivity index (χ2n) is 11.6. The van der Waals surface area contributed by atoms with E-state index in [0.717, 1.165) is 35.4 Å². The van der Waals surface area contributed by atoms with Crippen LogP contribution in [-0.2, 0) is 15.8 Å². The van der Waals surface area contributed by atoms with Gasteiger partial charge in [0.05, 0.1) is 11.7 Å². The van der Waals surface area contributed by atoms with E-state index in [2.05, 4.69) is 60.6 Å². The van der Waals surface area contributed by atoms with Crippen LogP contribution in [0, 0.1) is 0 Å². The normalized spacial score (nSPS) is 15.6. The van der Waals surface area contributed by atoms with E-state index in [1.54, 1.807) is 0 Å². The first-order chi connectivity index (χ1) is 18.2. The van der Waals surface area contributed by atoms with Crippen LogP contribution in [0.3, 0.4) is 0 Å². The maximum atomic E-state index is 13.6. The van der Waals surface area contributed by atoms with Crippen molar-refractivity contribution in [2.45, 2.75) is 116 Å². The molecule has 1 heterocycles. The second-order valence-corrected chi connectivity index (χ2v) is 17.0. The Morgan fingerprint density at radius 2 is 1.45 bits per heavy atom. The highest BCUT2D eigenvalue weighted by atomic mass is 28.4. The number of nitrogens with zero attached hydrogens (tertiary/aromatic N) is 1. The van der Waals surface area contributed by atoms with E-state index < -0.39 is 8.32 Å². The van der Waals surface area contributed by atoms with Crippen LogP contribution in [0.25, 0.3) is 5.76 Å². The number of para-hydroxylation sites is 1. The highest BCUT2D eigenvalue weighted by Gasteiger charge is 2.48. The van der Waals surface area contributed by atoms with E-state index in [1.807, 2.05) is 53.4 Å². The predicted octanol–water partition coefficient (Wildman–Crippen LogP) is 10.1. The molecule has 2 aromatic carbocycles. The average Bonchev–Trinajstić information content (AvgIpc) is 2.90. The van der Waals surface area contributed by atoms with Gasteiger partial charge in [0, 0.05) is 5.56 Å². The van der Waals surface area contributed by atoms with Crippen molar-refractivity contribution in [1.82, 2.24) is 0 Å². The molecule has 0 saturated heterocycles. The number of benzene rings is 2. The fourth-order valence-electron chi connectivity index (χ4n) is 6.23. The third-order valence-corrected chi connectivity index (χ3v) is 14.1. The summed E-state index contributed by atoms with van der Waals surface area (Å²) in [6.45, 7) is 16.4. The number of carbonyl (C=O) groups is 1. The van der Waals surface area contributed by atoms with E-state index in [-0.39, 0.29) is 18.7 Å². The lowest BCUT2D eigenvalue weighted by atomic mass is 9.97. The number of fused-ring (bicyclic) bond motifs is 1. The summed E-state index contributed by atoms with van der Waals surface area (Å²) in [4.78, 5) is 15.5. The van der Waals surface area contributed by atoms with E-state index in [9.17, 15) is 4.79 Å². The van der Waals surface area contributed by atoms with Gasteiger partial charge in [-0.15, -0.1) is 0 Å². The second kappa shape index (κ2) is 14.0. The minimum absolute atomic E-state index is 0.0945. The van der Waals surface area contributed by atoms with Gasteiger partial charge in [-0.3, -0.25) is 4.90 Å². The number of unbranched alkanes of at least 4 members (excludes halogenated alkanes) is 4. The Morgan fingerprint density at radius 1 is 0.842 bits per heavy atom. The van der Waals surface area contributed by atoms with Crippen molar-refractivity contribution in [2.75, 3.05) is 4.90 Å². The molecule has 0 N–H and O–H groups in total. The number of amides is 1. The van der Waals surface area contributed by atoms with Crippen LogP contribution in [-0.4, -0.2) is 20.5 Å². The Labute approximate surface area is 232 Å². The van der Waals surface area contributed by atoms with E-state index in [1.165, 1.54) is 25.7 Å². The van der Waals surface area contributed by atoms with Crippen LogP contribution in [0.4, 0.5) is 10.5 Å². The molecule has 38 heavy (non-hydrogen) atoms. The maximum absolute atomic E-state index is 13.6. The minimum atomic E-state index is -2.17. The van der Waals surface area contributed by atoms with Gasteiger partial charge >= 0.3 is 6.09 Å². The molecule has 1 aliphatic rings. The smallest absolute Gasteiger partial charge is 0.415 e. The van der Waals surface area contributed by atoms with Gasteiger partial charge in [-0.25, -0.2) is 4.79 Å². The zero-order chi connectivity index (χ0) is 27.7. The fraction of sp³-hybridized carbons (Fsp3) is 0.545. The molecular formula is C33H49NO3Si. The average molecular weight is 536 g/mol. The van der Waals surface area contributed by atoms with Gasteiger partial charge in [-0.05, 0) is 46.8 Å². The summed E-state index contributed by atoms with van der Waals surface area (Å²) < 4.78 is 13.1. The fourth-order valence-corrected chi connectivity index (χ4v) is 11.5. The van der Waals surface area contributed by atoms with Crippen LogP contribution in [0.15, 0.2) is 60.7 Å². The molecule has 1 amide bonds. The van der Waals surface area contributed by atoms with Crippen LogP contribution in [0.2, 0.25) is 16.6 Å². The molecule has 1 atom stereocenters. The lowest BCUT2D eigenvalue weighted by Gasteiger charge is -2.45. The predicted molar refractivity (Wildman–Crippen MR) is 163 cm³/mol. The van der Waals surface area contributed by atoms with Gasteiger partial charge in [-0.1, -0.05) is 123 Å². The van der Waals surface area contributed by atoms with Crippen molar-refractivity contribution >= 4 is 25.9 Å². The lowest BCUT2D eigenvalue weighted by molar-refractivity contribution is 0.145. The van der Waals surface area contributed by atoms with Gasteiger partial charge in [0.1, 0.15) is 12.4 Å². The van der Waals surface area contributed by atoms with E-state index in [4.69, 9.17) is 9.16 Å². The molecule has 0 spiro atoms. The molecule has 2 aromatic rings. The molecule has 0 saturated carbocycles. The first-order valence-corrected chi connectivity index (χ1v) is 16.9. The van der Waals surface area contributed by atoms with Crippen molar-refractivity contribution in [2.24, 2.45) is 0 Å². The van der Waals surface area contributed by atoms with E-state index >= 15 is 0 Å². The van der Waals surface area contributed by atoms with Gasteiger partial charge in [0.25, 0.3) is 8.32 Å². The summed E-state index contributed by atoms with van der Waals surface area (Å²) >= 11 is 0. The number of carbonyl (C=O) groups excluding carboxylic acids is 1. The third kappa shape index (κ3) is 6.91. The van der Waals surface area contributed by atoms with Gasteiger partial charge in [-0.2, -0.15) is 0 Å². The molecule has 1 unspecified atom stereocenters. The van der Waals surface area contributed by atoms with Crippen LogP contribution >= 0.6 is 0 Å². The number of anilines is 1. The number of ether oxygens (including phenoxy) is 1. The molecule has 0 aromatic heterocycles. The molecule has 0 radical (unpaired) electrons. The van der Waals surface area contributed by atoms with Crippen molar-refractivity contribution in [3.63, 3.8) is 0 Å². The summed E-state index contributed by atoms with van der Waals surface area (Å²) in [5.41, 5.74) is 4.28. The Balaban J connectivity index is 1.97. The molecule has 208 valence electrons. The SMILES string of the molecule is CCCCCCCC1C=C(O[Si](C(C)C)(C(C)C)C(C)C)c2ccccc2N1C(=O)OCc1ccccc1. The molecule has 1 aliphatic heterocycles. The molecule has 3 rings (SSSR count). The van der Waals surface area contributed by atoms with Crippen LogP contribution in [0.1, 0.15) is 98.1 Å². The largest absolute Gasteiger partial charge is 0.542 e. The summed E-state index contributed by atoms with van der Waals surface area (Å²) in [5.74, 6) is 0.953. The number of hydrogen-bond acceptors (Lipinski definition) is 3. The van der Waals surface area contributed by atoms with Crippen molar-refractivity contribution < 1.29 is 14.0 Å². The Kier molecular flexibility index (Phi) is 11.1. The van der Waals surface area contributed by atoms with Crippen LogP contribution in [0.5, 0.6) is 0 Å². The summed E-state index contributed by atoms with van der Waals surface area (Å²) in [6.07, 6.45) is 8.77. The quantitative estimate of drug-likeness (QED) is 0.189. The molecule has 4 nitrogen and oxygen atoms in total. The Morgan fingerprint density at radius 3 is 2.08 bits per heavy atom. The molecule has 0 bridgehead atoms. The summed E-state index contributed by atoms with van der Waals surface area (Å²) in [5, 5.41) is 0. The van der Waals surface area contributed by atoms with Gasteiger partial charge in [0.2, 0.25) is 0 Å². The zero-order valence-electron chi connectivity index (χ0n) is 24.7. The molecule has 5 heteroatoms. The highest BCUT2D eigenvalue weighted by Crippen LogP contribution is 2.47. The summed E-state index contributed by atoms with van der Waals surface area (Å²) in [6, 6.07) is 18.0. The molecular weight excluding hydrogens is 486 g/mol. The van der Waals surface area contributed by atoms with E-state index in [0.29, 0.717) is 16.6 Å². The van der Waals surface area contributed by atoms with Gasteiger partial charge < -0.3 is 9.16 Å². The Hall–Kier alpha value is -2.53. The first kappa shape index (κ1) is 30.0. The van der Waals surface area contributed by atoms with Crippen molar-refractivity contribution in [3.05, 3.63) is 71.8 Å². The maximum Gasteiger partial charge on any atom is 0.415 e. The zero-order valence-corrected chi connectivity index (χ0v) is 25.7. The van der Waals surface area contributed by atoms with Crippen LogP contribution < -0.4 is 4.90 Å². The third-order valence-electron chi connectivity index (χ3n) is 8.10.